The number of aliphatic hydroxyl groups excluding tert-OH is 6. The quantitative estimate of drug-likeness (QED) is 0.0546. The van der Waals surface area contributed by atoms with Crippen LogP contribution in [0.4, 0.5) is 0 Å². The first kappa shape index (κ1) is 51.6. The highest BCUT2D eigenvalue weighted by molar-refractivity contribution is 5.90. The number of aliphatic carboxylic acids is 1. The number of aromatic hydroxyl groups is 3. The molecule has 4 fully saturated rings. The summed E-state index contributed by atoms with van der Waals surface area (Å²) in [6, 6.07) is 6.71. The van der Waals surface area contributed by atoms with Gasteiger partial charge in [0, 0.05) is 89.0 Å². The summed E-state index contributed by atoms with van der Waals surface area (Å²) in [5, 5.41) is 134. The van der Waals surface area contributed by atoms with Gasteiger partial charge in [-0.1, -0.05) is 49.2 Å². The highest BCUT2D eigenvalue weighted by atomic mass is 16.8. The van der Waals surface area contributed by atoms with E-state index in [2.05, 4.69) is 39.3 Å². The van der Waals surface area contributed by atoms with Crippen LogP contribution >= 0.6 is 0 Å². The molecule has 78 heavy (non-hydrogen) atoms. The molecule has 0 radical (unpaired) electrons. The first-order valence-electron chi connectivity index (χ1n) is 25.8. The summed E-state index contributed by atoms with van der Waals surface area (Å²) in [6.45, 7) is 1.51. The van der Waals surface area contributed by atoms with Crippen molar-refractivity contribution in [1.29, 1.82) is 0 Å². The fourth-order valence-corrected chi connectivity index (χ4v) is 12.8. The summed E-state index contributed by atoms with van der Waals surface area (Å²) in [4.78, 5) is 46.1. The minimum atomic E-state index is -3.15. The lowest BCUT2D eigenvalue weighted by atomic mass is 9.67. The Balaban J connectivity index is 1.14. The molecular formula is C56H55N3O19. The molecule has 22 heteroatoms. The number of piperidine rings is 1. The van der Waals surface area contributed by atoms with Crippen LogP contribution in [0.3, 0.4) is 0 Å². The van der Waals surface area contributed by atoms with Crippen molar-refractivity contribution in [1.82, 2.24) is 15.6 Å². The molecule has 3 saturated heterocycles. The largest absolute Gasteiger partial charge is 0.507 e. The number of nitrogens with one attached hydrogen (secondary N) is 3. The van der Waals surface area contributed by atoms with Gasteiger partial charge in [-0.3, -0.25) is 10.1 Å². The van der Waals surface area contributed by atoms with Crippen LogP contribution in [-0.4, -0.2) is 151 Å². The van der Waals surface area contributed by atoms with Gasteiger partial charge >= 0.3 is 11.9 Å². The van der Waals surface area contributed by atoms with Gasteiger partial charge < -0.3 is 89.8 Å². The first-order chi connectivity index (χ1) is 37.3. The number of aromatic amines is 1. The summed E-state index contributed by atoms with van der Waals surface area (Å²) in [5.41, 5.74) is -7.34. The molecule has 7 aliphatic heterocycles. The summed E-state index contributed by atoms with van der Waals surface area (Å²) in [6.07, 6.45) is -7.84. The molecule has 22 nitrogen and oxygen atoms in total. The number of phenols is 3. The maximum atomic E-state index is 15.4. The normalized spacial score (nSPS) is 35.5. The molecule has 14 unspecified atom stereocenters. The molecule has 2 aromatic carbocycles. The van der Waals surface area contributed by atoms with Gasteiger partial charge in [-0.25, -0.2) is 9.59 Å². The van der Waals surface area contributed by atoms with Crippen molar-refractivity contribution in [3.05, 3.63) is 104 Å². The van der Waals surface area contributed by atoms with Crippen molar-refractivity contribution in [2.24, 2.45) is 5.92 Å². The Hall–Kier alpha value is -7.19. The van der Waals surface area contributed by atoms with Gasteiger partial charge in [-0.15, -0.1) is 0 Å². The van der Waals surface area contributed by atoms with Gasteiger partial charge in [0.15, 0.2) is 23.0 Å². The van der Waals surface area contributed by atoms with E-state index in [4.69, 9.17) is 23.4 Å². The number of esters is 1. The molecular weight excluding hydrogens is 1020 g/mol. The maximum Gasteiger partial charge on any atom is 0.351 e. The number of ether oxygens (including phenoxy) is 4. The van der Waals surface area contributed by atoms with Crippen molar-refractivity contribution in [3.63, 3.8) is 0 Å². The highest BCUT2D eigenvalue weighted by Crippen LogP contribution is 2.57. The molecule has 9 heterocycles. The summed E-state index contributed by atoms with van der Waals surface area (Å²) in [5.74, 6) is 0.554. The predicted molar refractivity (Wildman–Crippen MR) is 268 cm³/mol. The second-order valence-corrected chi connectivity index (χ2v) is 21.2. The number of benzene rings is 2. The van der Waals surface area contributed by atoms with E-state index in [1.54, 1.807) is 18.3 Å². The lowest BCUT2D eigenvalue weighted by Gasteiger charge is -2.57. The molecule has 13 rings (SSSR count). The third-order valence-corrected chi connectivity index (χ3v) is 16.9. The monoisotopic (exact) mass is 1070 g/mol. The van der Waals surface area contributed by atoms with E-state index >= 15 is 4.79 Å². The molecule has 2 aliphatic carbocycles. The number of rotatable bonds is 6. The van der Waals surface area contributed by atoms with Crippen LogP contribution in [0.2, 0.25) is 0 Å². The van der Waals surface area contributed by atoms with E-state index < -0.39 is 119 Å². The second-order valence-electron chi connectivity index (χ2n) is 21.2. The van der Waals surface area contributed by atoms with E-state index in [1.807, 2.05) is 13.0 Å². The van der Waals surface area contributed by atoms with Crippen LogP contribution in [0.1, 0.15) is 80.2 Å². The van der Waals surface area contributed by atoms with E-state index in [1.165, 1.54) is 12.1 Å². The van der Waals surface area contributed by atoms with E-state index in [9.17, 15) is 65.8 Å². The van der Waals surface area contributed by atoms with Crippen molar-refractivity contribution in [2.75, 3.05) is 6.61 Å². The third-order valence-electron chi connectivity index (χ3n) is 16.9. The van der Waals surface area contributed by atoms with E-state index in [0.29, 0.717) is 28.9 Å². The van der Waals surface area contributed by atoms with Gasteiger partial charge in [0.25, 0.3) is 11.4 Å². The van der Waals surface area contributed by atoms with Crippen molar-refractivity contribution < 1.29 is 89.1 Å². The van der Waals surface area contributed by atoms with Crippen LogP contribution in [0, 0.1) is 29.6 Å². The molecule has 0 amide bonds. The van der Waals surface area contributed by atoms with Crippen LogP contribution < -0.4 is 20.8 Å². The van der Waals surface area contributed by atoms with E-state index in [0.717, 1.165) is 43.4 Å². The molecule has 6 bridgehead atoms. The van der Waals surface area contributed by atoms with E-state index in [-0.39, 0.29) is 75.7 Å². The number of fused-ring (bicyclic) bond motifs is 10. The third kappa shape index (κ3) is 7.47. The van der Waals surface area contributed by atoms with Gasteiger partial charge in [0.05, 0.1) is 12.6 Å². The molecule has 9 aliphatic rings. The number of phenolic OH excluding ortho intramolecular Hbond substituents is 3. The Kier molecular flexibility index (Phi) is 12.2. The number of carbonyl (C=O) groups is 2. The van der Waals surface area contributed by atoms with Gasteiger partial charge in [0.1, 0.15) is 58.2 Å². The average Bonchev–Trinajstić information content (AvgIpc) is 4.02. The molecule has 2 aromatic heterocycles. The van der Waals surface area contributed by atoms with Gasteiger partial charge in [0.2, 0.25) is 11.9 Å². The zero-order valence-corrected chi connectivity index (χ0v) is 41.6. The number of carboxylic acids is 1. The average molecular weight is 1070 g/mol. The molecule has 2 spiro atoms. The number of carbonyl (C=O) groups excluding carboxylic acids is 1. The zero-order chi connectivity index (χ0) is 55.0. The van der Waals surface area contributed by atoms with Gasteiger partial charge in [-0.2, -0.15) is 0 Å². The standard InChI is InChI=1S/C56H55N3O19/c1-2-33-31(21-30-25-6-3-8-29(17-25)58-49(30)59-33)32-19-28-20-34-24(9-14-57-34)7-4-12-54(73)47(68)48(69)56(28,78-55(54)13-5-11-53(51(70)71)46(67)44(65)45(66)50(77-53)75-52(55)72)76-39-23-38-41(43(64)40(32)39)35(61)22-37(74-38)27-16-26(10-15-60)42(63)36(62)18-27/h9,14,16,18-19,21-23,25,29,32,44-50,57-60,62-69,73H,2-3,6,8,10,12-13,15,17,20H2,1H3,(H,70,71). The number of H-pyrrole nitrogens is 1. The molecule has 14 atom stereocenters. The number of aliphatic hydroxyl groups is 7. The minimum absolute atomic E-state index is 0.0741. The first-order valence-corrected chi connectivity index (χ1v) is 25.8. The van der Waals surface area contributed by atoms with Crippen molar-refractivity contribution in [2.45, 2.75) is 142 Å². The summed E-state index contributed by atoms with van der Waals surface area (Å²) < 4.78 is 31.6. The Labute approximate surface area is 442 Å². The Morgan fingerprint density at radius 1 is 0.949 bits per heavy atom. The predicted octanol–water partition coefficient (Wildman–Crippen LogP) is 0.653. The van der Waals surface area contributed by atoms with Crippen LogP contribution in [-0.2, 0) is 36.6 Å². The number of hydrogen-bond donors (Lipinski definition) is 14. The number of dihydropyridines is 1. The second kappa shape index (κ2) is 18.5. The number of allylic oxidation sites excluding steroid dienone is 4. The molecule has 4 aromatic rings. The zero-order valence-electron chi connectivity index (χ0n) is 41.6. The smallest absolute Gasteiger partial charge is 0.351 e. The lowest BCUT2D eigenvalue weighted by Crippen LogP contribution is -2.80. The number of aromatic nitrogens is 1. The number of hydrogen-bond acceptors (Lipinski definition) is 20. The molecule has 14 N–H and O–H groups in total. The van der Waals surface area contributed by atoms with Crippen LogP contribution in [0.5, 0.6) is 23.0 Å². The Bertz CT molecular complexity index is 3520. The Morgan fingerprint density at radius 2 is 1.76 bits per heavy atom. The van der Waals surface area contributed by atoms with Crippen molar-refractivity contribution in [3.8, 4) is 58.0 Å². The maximum absolute atomic E-state index is 15.4. The fourth-order valence-electron chi connectivity index (χ4n) is 12.8. The Morgan fingerprint density at radius 3 is 2.53 bits per heavy atom. The molecule has 1 saturated carbocycles. The summed E-state index contributed by atoms with van der Waals surface area (Å²) in [7, 11) is 0. The summed E-state index contributed by atoms with van der Waals surface area (Å²) >= 11 is 0. The van der Waals surface area contributed by atoms with Crippen LogP contribution in [0.25, 0.3) is 22.3 Å². The van der Waals surface area contributed by atoms with Crippen LogP contribution in [0.15, 0.2) is 80.3 Å². The molecule has 408 valence electrons. The fraction of sp³-hybridized carbons (Fsp3) is 0.446. The van der Waals surface area contributed by atoms with Crippen molar-refractivity contribution >= 4 is 22.9 Å². The highest BCUT2D eigenvalue weighted by Gasteiger charge is 2.75. The minimum Gasteiger partial charge on any atom is -0.507 e. The number of carboxylic acid groups (broad SMARTS) is 1. The van der Waals surface area contributed by atoms with Gasteiger partial charge in [-0.05, 0) is 67.4 Å². The SMILES string of the molecule is CCC1=C(C2C=C3Cc4[nH]ccc4C#CCC4(O)C(O)C(O)C3(Oc3cc5oc(-c6cc(O)c(O)c(CCO)c6)cc(=O)c5c(O)c32)OC42CC#CC3(C(=O)O)OC(OC2=O)C(O)C(O)C3O)C=C2C3CCCC(C3)NC2N1. The lowest BCUT2D eigenvalue weighted by molar-refractivity contribution is -0.378. The topological polar surface area (TPSA) is 364 Å².